The monoisotopic (exact) mass is 254 g/mol. The van der Waals surface area contributed by atoms with Crippen molar-refractivity contribution in [2.45, 2.75) is 25.9 Å². The Balaban J connectivity index is 1.87. The molecule has 1 heterocycles. The molecule has 2 heteroatoms. The van der Waals surface area contributed by atoms with E-state index in [4.69, 9.17) is 5.73 Å². The molecule has 1 saturated heterocycles. The number of fused-ring (bicyclic) bond motifs is 1. The maximum atomic E-state index is 6.13. The number of hydrogen-bond acceptors (Lipinski definition) is 2. The van der Waals surface area contributed by atoms with Crippen LogP contribution in [0.15, 0.2) is 42.5 Å². The van der Waals surface area contributed by atoms with Crippen molar-refractivity contribution in [3.05, 3.63) is 48.0 Å². The van der Waals surface area contributed by atoms with Crippen molar-refractivity contribution in [1.29, 1.82) is 0 Å². The first-order valence-electron chi connectivity index (χ1n) is 7.13. The minimum absolute atomic E-state index is 0.322. The fourth-order valence-electron chi connectivity index (χ4n) is 3.03. The highest BCUT2D eigenvalue weighted by atomic mass is 15.2. The molecule has 2 nitrogen and oxygen atoms in total. The lowest BCUT2D eigenvalue weighted by Crippen LogP contribution is -2.29. The molecule has 19 heavy (non-hydrogen) atoms. The van der Waals surface area contributed by atoms with E-state index in [0.29, 0.717) is 18.0 Å². The molecule has 0 radical (unpaired) electrons. The second-order valence-electron chi connectivity index (χ2n) is 5.88. The largest absolute Gasteiger partial charge is 0.326 e. The van der Waals surface area contributed by atoms with Crippen LogP contribution in [0.25, 0.3) is 10.8 Å². The van der Waals surface area contributed by atoms with E-state index in [-0.39, 0.29) is 0 Å². The molecule has 1 fully saturated rings. The number of rotatable bonds is 2. The van der Waals surface area contributed by atoms with Crippen LogP contribution in [0.4, 0.5) is 0 Å². The second kappa shape index (κ2) is 4.95. The molecule has 1 aliphatic heterocycles. The van der Waals surface area contributed by atoms with Gasteiger partial charge in [0.15, 0.2) is 0 Å². The molecule has 2 N–H and O–H groups in total. The summed E-state index contributed by atoms with van der Waals surface area (Å²) in [4.78, 5) is 2.50. The fourth-order valence-corrected chi connectivity index (χ4v) is 3.03. The zero-order valence-electron chi connectivity index (χ0n) is 11.7. The van der Waals surface area contributed by atoms with Gasteiger partial charge in [-0.1, -0.05) is 43.3 Å². The number of benzene rings is 2. The summed E-state index contributed by atoms with van der Waals surface area (Å²) >= 11 is 0. The fraction of sp³-hybridized carbons (Fsp3) is 0.412. The Bertz CT molecular complexity index is 568. The van der Waals surface area contributed by atoms with Gasteiger partial charge in [0.2, 0.25) is 0 Å². The van der Waals surface area contributed by atoms with E-state index in [1.54, 1.807) is 0 Å². The van der Waals surface area contributed by atoms with Crippen molar-refractivity contribution in [2.24, 2.45) is 11.7 Å². The summed E-state index contributed by atoms with van der Waals surface area (Å²) < 4.78 is 0. The molecule has 2 aromatic carbocycles. The summed E-state index contributed by atoms with van der Waals surface area (Å²) in [5.74, 6) is 0.600. The Hall–Kier alpha value is -1.38. The normalized spacial score (nSPS) is 25.8. The molecule has 1 aliphatic rings. The van der Waals surface area contributed by atoms with Crippen molar-refractivity contribution < 1.29 is 0 Å². The Morgan fingerprint density at radius 3 is 2.53 bits per heavy atom. The molecular formula is C17H22N2. The van der Waals surface area contributed by atoms with Crippen LogP contribution in [0.3, 0.4) is 0 Å². The van der Waals surface area contributed by atoms with Gasteiger partial charge in [0, 0.05) is 25.2 Å². The minimum atomic E-state index is 0.322. The van der Waals surface area contributed by atoms with Crippen molar-refractivity contribution in [3.63, 3.8) is 0 Å². The van der Waals surface area contributed by atoms with Gasteiger partial charge in [-0.15, -0.1) is 0 Å². The molecule has 0 spiro atoms. The number of likely N-dealkylation sites (tertiary alicyclic amines) is 1. The average Bonchev–Trinajstić information content (AvgIpc) is 2.77. The van der Waals surface area contributed by atoms with E-state index in [1.807, 2.05) is 0 Å². The lowest BCUT2D eigenvalue weighted by atomic mass is 10.0. The van der Waals surface area contributed by atoms with E-state index in [9.17, 15) is 0 Å². The molecule has 0 aromatic heterocycles. The van der Waals surface area contributed by atoms with Crippen LogP contribution in [0.1, 0.15) is 25.5 Å². The Kier molecular flexibility index (Phi) is 3.29. The van der Waals surface area contributed by atoms with Crippen LogP contribution >= 0.6 is 0 Å². The third-order valence-electron chi connectivity index (χ3n) is 4.50. The van der Waals surface area contributed by atoms with Gasteiger partial charge in [-0.25, -0.2) is 0 Å². The van der Waals surface area contributed by atoms with Gasteiger partial charge < -0.3 is 5.73 Å². The zero-order valence-corrected chi connectivity index (χ0v) is 11.7. The summed E-state index contributed by atoms with van der Waals surface area (Å²) in [6, 6.07) is 16.1. The van der Waals surface area contributed by atoms with Crippen molar-refractivity contribution in [1.82, 2.24) is 4.90 Å². The third kappa shape index (κ3) is 2.38. The van der Waals surface area contributed by atoms with Crippen LogP contribution in [0, 0.1) is 5.92 Å². The van der Waals surface area contributed by atoms with Crippen LogP contribution in [0.2, 0.25) is 0 Å². The van der Waals surface area contributed by atoms with Crippen LogP contribution in [0.5, 0.6) is 0 Å². The summed E-state index contributed by atoms with van der Waals surface area (Å²) in [6.45, 7) is 6.65. The van der Waals surface area contributed by atoms with Gasteiger partial charge in [0.05, 0.1) is 0 Å². The van der Waals surface area contributed by atoms with Crippen molar-refractivity contribution in [3.8, 4) is 0 Å². The van der Waals surface area contributed by atoms with Crippen LogP contribution in [-0.4, -0.2) is 24.0 Å². The Morgan fingerprint density at radius 2 is 1.84 bits per heavy atom. The Labute approximate surface area is 115 Å². The quantitative estimate of drug-likeness (QED) is 0.892. The molecule has 3 rings (SSSR count). The number of nitrogens with two attached hydrogens (primary N) is 1. The predicted molar refractivity (Wildman–Crippen MR) is 81.1 cm³/mol. The highest BCUT2D eigenvalue weighted by Crippen LogP contribution is 2.28. The summed E-state index contributed by atoms with van der Waals surface area (Å²) in [6.07, 6.45) is 0. The molecule has 100 valence electrons. The molecule has 3 unspecified atom stereocenters. The lowest BCUT2D eigenvalue weighted by Gasteiger charge is -2.24. The van der Waals surface area contributed by atoms with Gasteiger partial charge in [0.25, 0.3) is 0 Å². The average molecular weight is 254 g/mol. The Morgan fingerprint density at radius 1 is 1.11 bits per heavy atom. The van der Waals surface area contributed by atoms with Gasteiger partial charge >= 0.3 is 0 Å². The molecule has 2 aromatic rings. The zero-order chi connectivity index (χ0) is 13.4. The molecule has 0 aliphatic carbocycles. The second-order valence-corrected chi connectivity index (χ2v) is 5.88. The molecule has 3 atom stereocenters. The van der Waals surface area contributed by atoms with E-state index in [0.717, 1.165) is 13.1 Å². The topological polar surface area (TPSA) is 29.3 Å². The van der Waals surface area contributed by atoms with E-state index in [2.05, 4.69) is 61.2 Å². The summed E-state index contributed by atoms with van der Waals surface area (Å²) in [7, 11) is 0. The van der Waals surface area contributed by atoms with Crippen LogP contribution in [-0.2, 0) is 0 Å². The summed E-state index contributed by atoms with van der Waals surface area (Å²) in [5.41, 5.74) is 7.52. The van der Waals surface area contributed by atoms with Gasteiger partial charge in [0.1, 0.15) is 0 Å². The van der Waals surface area contributed by atoms with E-state index >= 15 is 0 Å². The van der Waals surface area contributed by atoms with E-state index < -0.39 is 0 Å². The van der Waals surface area contributed by atoms with Crippen molar-refractivity contribution >= 4 is 10.8 Å². The summed E-state index contributed by atoms with van der Waals surface area (Å²) in [5, 5.41) is 2.63. The molecule has 0 saturated carbocycles. The minimum Gasteiger partial charge on any atom is -0.326 e. The third-order valence-corrected chi connectivity index (χ3v) is 4.50. The van der Waals surface area contributed by atoms with E-state index in [1.165, 1.54) is 16.3 Å². The van der Waals surface area contributed by atoms with Gasteiger partial charge in [-0.3, -0.25) is 4.90 Å². The molecular weight excluding hydrogens is 232 g/mol. The first-order chi connectivity index (χ1) is 9.15. The first-order valence-corrected chi connectivity index (χ1v) is 7.13. The standard InChI is InChI=1S/C17H22N2/c1-12-10-19(11-17(12)18)13(2)15-8-7-14-5-3-4-6-16(14)9-15/h3-9,12-13,17H,10-11,18H2,1-2H3. The highest BCUT2D eigenvalue weighted by molar-refractivity contribution is 5.83. The van der Waals surface area contributed by atoms with Crippen LogP contribution < -0.4 is 5.73 Å². The molecule has 0 bridgehead atoms. The van der Waals surface area contributed by atoms with Gasteiger partial charge in [-0.05, 0) is 35.2 Å². The first kappa shape index (κ1) is 12.6. The smallest absolute Gasteiger partial charge is 0.0320 e. The van der Waals surface area contributed by atoms with Crippen molar-refractivity contribution in [2.75, 3.05) is 13.1 Å². The SMILES string of the molecule is CC1CN(C(C)c2ccc3ccccc3c2)CC1N. The number of nitrogens with zero attached hydrogens (tertiary/aromatic N) is 1. The maximum Gasteiger partial charge on any atom is 0.0320 e. The maximum absolute atomic E-state index is 6.13. The highest BCUT2D eigenvalue weighted by Gasteiger charge is 2.29. The predicted octanol–water partition coefficient (Wildman–Crippen LogP) is 3.18. The number of hydrogen-bond donors (Lipinski definition) is 1. The lowest BCUT2D eigenvalue weighted by molar-refractivity contribution is 0.254. The molecule has 0 amide bonds. The van der Waals surface area contributed by atoms with Gasteiger partial charge in [-0.2, -0.15) is 0 Å².